The summed E-state index contributed by atoms with van der Waals surface area (Å²) in [5.41, 5.74) is 2.66. The van der Waals surface area contributed by atoms with Crippen LogP contribution in [0.1, 0.15) is 18.1 Å². The molecule has 0 fully saturated rings. The second-order valence-electron chi connectivity index (χ2n) is 6.80. The van der Waals surface area contributed by atoms with E-state index >= 15 is 0 Å². The fourth-order valence-electron chi connectivity index (χ4n) is 3.38. The van der Waals surface area contributed by atoms with Crippen molar-refractivity contribution in [2.75, 3.05) is 16.8 Å². The molecule has 31 heavy (non-hydrogen) atoms. The summed E-state index contributed by atoms with van der Waals surface area (Å²) >= 11 is 0. The van der Waals surface area contributed by atoms with E-state index in [1.807, 2.05) is 31.2 Å². The van der Waals surface area contributed by atoms with Gasteiger partial charge in [0, 0.05) is 5.69 Å². The van der Waals surface area contributed by atoms with Crippen LogP contribution in [0.5, 0.6) is 5.75 Å². The number of nitrogens with one attached hydrogen (secondary N) is 1. The predicted octanol–water partition coefficient (Wildman–Crippen LogP) is 4.35. The Morgan fingerprint density at radius 1 is 0.903 bits per heavy atom. The molecule has 6 heteroatoms. The highest BCUT2D eigenvalue weighted by atomic mass is 16.5. The highest BCUT2D eigenvalue weighted by molar-refractivity contribution is 6.46. The molecule has 152 valence electrons. The molecule has 6 nitrogen and oxygen atoms in total. The molecule has 1 heterocycles. The third-order valence-corrected chi connectivity index (χ3v) is 4.84. The van der Waals surface area contributed by atoms with Gasteiger partial charge in [-0.25, -0.2) is 4.90 Å². The van der Waals surface area contributed by atoms with Gasteiger partial charge in [0.2, 0.25) is 0 Å². The summed E-state index contributed by atoms with van der Waals surface area (Å²) in [6.45, 7) is 2.46. The van der Waals surface area contributed by atoms with E-state index in [0.29, 0.717) is 34.7 Å². The Morgan fingerprint density at radius 3 is 2.19 bits per heavy atom. The first-order valence-electron chi connectivity index (χ1n) is 9.81. The van der Waals surface area contributed by atoms with E-state index in [1.165, 1.54) is 0 Å². The van der Waals surface area contributed by atoms with Gasteiger partial charge in [-0.05, 0) is 61.0 Å². The molecular formula is C25H19N3O3. The van der Waals surface area contributed by atoms with Gasteiger partial charge in [-0.15, -0.1) is 0 Å². The highest BCUT2D eigenvalue weighted by Gasteiger charge is 2.40. The summed E-state index contributed by atoms with van der Waals surface area (Å²) in [7, 11) is 0. The van der Waals surface area contributed by atoms with Crippen molar-refractivity contribution in [1.29, 1.82) is 5.26 Å². The number of carbonyl (C=O) groups excluding carboxylic acids is 2. The number of nitrogens with zero attached hydrogens (tertiary/aromatic N) is 2. The first-order chi connectivity index (χ1) is 15.1. The second-order valence-corrected chi connectivity index (χ2v) is 6.80. The lowest BCUT2D eigenvalue weighted by Crippen LogP contribution is -2.32. The van der Waals surface area contributed by atoms with Gasteiger partial charge in [0.1, 0.15) is 11.4 Å². The van der Waals surface area contributed by atoms with Gasteiger partial charge in [0.15, 0.2) is 0 Å². The van der Waals surface area contributed by atoms with Gasteiger partial charge in [-0.2, -0.15) is 5.26 Å². The molecule has 3 aromatic carbocycles. The Labute approximate surface area is 180 Å². The van der Waals surface area contributed by atoms with E-state index in [2.05, 4.69) is 5.32 Å². The second kappa shape index (κ2) is 8.56. The van der Waals surface area contributed by atoms with Crippen LogP contribution in [-0.4, -0.2) is 18.4 Å². The van der Waals surface area contributed by atoms with Gasteiger partial charge in [0.25, 0.3) is 11.8 Å². The summed E-state index contributed by atoms with van der Waals surface area (Å²) in [6, 6.07) is 24.6. The summed E-state index contributed by atoms with van der Waals surface area (Å²) < 4.78 is 5.46. The van der Waals surface area contributed by atoms with E-state index in [-0.39, 0.29) is 5.70 Å². The maximum Gasteiger partial charge on any atom is 0.282 e. The molecule has 0 atom stereocenters. The van der Waals surface area contributed by atoms with Crippen molar-refractivity contribution >= 4 is 28.8 Å². The van der Waals surface area contributed by atoms with Crippen molar-refractivity contribution < 1.29 is 14.3 Å². The van der Waals surface area contributed by atoms with Crippen LogP contribution >= 0.6 is 0 Å². The van der Waals surface area contributed by atoms with Crippen molar-refractivity contribution in [2.24, 2.45) is 0 Å². The van der Waals surface area contributed by atoms with Crippen LogP contribution < -0.4 is 15.0 Å². The molecule has 0 bridgehead atoms. The number of benzene rings is 3. The summed E-state index contributed by atoms with van der Waals surface area (Å²) in [4.78, 5) is 27.8. The van der Waals surface area contributed by atoms with Crippen molar-refractivity contribution in [3.8, 4) is 11.8 Å². The molecule has 0 spiro atoms. The molecule has 0 aliphatic carbocycles. The number of imide groups is 1. The first kappa shape index (κ1) is 19.9. The van der Waals surface area contributed by atoms with Crippen LogP contribution in [0.25, 0.3) is 5.57 Å². The average Bonchev–Trinajstić information content (AvgIpc) is 3.05. The largest absolute Gasteiger partial charge is 0.494 e. The number of rotatable bonds is 6. The summed E-state index contributed by atoms with van der Waals surface area (Å²) in [6.07, 6.45) is 0. The van der Waals surface area contributed by atoms with Crippen LogP contribution in [0.4, 0.5) is 11.4 Å². The highest BCUT2D eigenvalue weighted by Crippen LogP contribution is 2.34. The maximum absolute atomic E-state index is 13.3. The van der Waals surface area contributed by atoms with Crippen LogP contribution in [-0.2, 0) is 9.59 Å². The molecule has 2 amide bonds. The molecule has 0 saturated carbocycles. The van der Waals surface area contributed by atoms with E-state index in [0.717, 1.165) is 10.6 Å². The number of hydrogen-bond acceptors (Lipinski definition) is 5. The zero-order valence-corrected chi connectivity index (χ0v) is 16.8. The summed E-state index contributed by atoms with van der Waals surface area (Å²) in [5, 5.41) is 12.1. The van der Waals surface area contributed by atoms with Gasteiger partial charge < -0.3 is 10.1 Å². The zero-order valence-electron chi connectivity index (χ0n) is 16.8. The lowest BCUT2D eigenvalue weighted by molar-refractivity contribution is -0.120. The van der Waals surface area contributed by atoms with Crippen LogP contribution in [0.3, 0.4) is 0 Å². The fraction of sp³-hybridized carbons (Fsp3) is 0.0800. The van der Waals surface area contributed by atoms with Gasteiger partial charge in [-0.3, -0.25) is 9.59 Å². The van der Waals surface area contributed by atoms with Gasteiger partial charge in [0.05, 0.1) is 29.5 Å². The van der Waals surface area contributed by atoms with E-state index in [1.54, 1.807) is 60.7 Å². The third kappa shape index (κ3) is 3.89. The van der Waals surface area contributed by atoms with Crippen molar-refractivity contribution in [1.82, 2.24) is 0 Å². The number of carbonyl (C=O) groups is 2. The SMILES string of the molecule is CCOc1ccc(NC2=C(c3ccccc3)C(=O)N(c3ccc(C#N)cc3)C2=O)cc1. The van der Waals surface area contributed by atoms with Crippen LogP contribution in [0.2, 0.25) is 0 Å². The molecule has 1 aliphatic rings. The molecule has 0 unspecified atom stereocenters. The number of anilines is 2. The summed E-state index contributed by atoms with van der Waals surface area (Å²) in [5.74, 6) is -0.157. The van der Waals surface area contributed by atoms with Crippen LogP contribution in [0, 0.1) is 11.3 Å². The number of ether oxygens (including phenoxy) is 1. The monoisotopic (exact) mass is 409 g/mol. The molecule has 1 N–H and O–H groups in total. The minimum absolute atomic E-state index is 0.199. The Morgan fingerprint density at radius 2 is 1.58 bits per heavy atom. The fourth-order valence-corrected chi connectivity index (χ4v) is 3.38. The molecule has 1 aliphatic heterocycles. The Balaban J connectivity index is 1.74. The lowest BCUT2D eigenvalue weighted by Gasteiger charge is -2.15. The average molecular weight is 409 g/mol. The maximum atomic E-state index is 13.3. The number of nitriles is 1. The molecule has 0 saturated heterocycles. The Kier molecular flexibility index (Phi) is 5.50. The van der Waals surface area contributed by atoms with Gasteiger partial charge >= 0.3 is 0 Å². The van der Waals surface area contributed by atoms with E-state index < -0.39 is 11.8 Å². The standard InChI is InChI=1S/C25H19N3O3/c1-2-31-21-14-10-19(11-15-21)27-23-22(18-6-4-3-5-7-18)24(29)28(25(23)30)20-12-8-17(16-26)9-13-20/h3-15,27H,2H2,1H3. The molecular weight excluding hydrogens is 390 g/mol. The molecule has 3 aromatic rings. The normalized spacial score (nSPS) is 13.4. The van der Waals surface area contributed by atoms with Crippen LogP contribution in [0.15, 0.2) is 84.6 Å². The Hall–Kier alpha value is -4.37. The van der Waals surface area contributed by atoms with E-state index in [4.69, 9.17) is 10.00 Å². The topological polar surface area (TPSA) is 82.4 Å². The predicted molar refractivity (Wildman–Crippen MR) is 118 cm³/mol. The number of hydrogen-bond donors (Lipinski definition) is 1. The third-order valence-electron chi connectivity index (χ3n) is 4.84. The van der Waals surface area contributed by atoms with Crippen molar-refractivity contribution in [2.45, 2.75) is 6.92 Å². The van der Waals surface area contributed by atoms with Gasteiger partial charge in [-0.1, -0.05) is 30.3 Å². The minimum atomic E-state index is -0.456. The molecule has 4 rings (SSSR count). The first-order valence-corrected chi connectivity index (χ1v) is 9.81. The lowest BCUT2D eigenvalue weighted by atomic mass is 10.0. The smallest absolute Gasteiger partial charge is 0.282 e. The Bertz CT molecular complexity index is 1190. The van der Waals surface area contributed by atoms with Crippen molar-refractivity contribution in [3.05, 3.63) is 95.7 Å². The number of amides is 2. The zero-order chi connectivity index (χ0) is 21.8. The minimum Gasteiger partial charge on any atom is -0.494 e. The van der Waals surface area contributed by atoms with E-state index in [9.17, 15) is 9.59 Å². The molecule has 0 aromatic heterocycles. The molecule has 0 radical (unpaired) electrons. The van der Waals surface area contributed by atoms with Crippen molar-refractivity contribution in [3.63, 3.8) is 0 Å². The quantitative estimate of drug-likeness (QED) is 0.612.